The number of nitrogens with one attached hydrogen (secondary N) is 2. The van der Waals surface area contributed by atoms with Crippen molar-refractivity contribution in [3.63, 3.8) is 0 Å². The van der Waals surface area contributed by atoms with Gasteiger partial charge in [-0.05, 0) is 32.1 Å². The molecule has 4 nitrogen and oxygen atoms in total. The van der Waals surface area contributed by atoms with Crippen LogP contribution in [0.3, 0.4) is 0 Å². The lowest BCUT2D eigenvalue weighted by Gasteiger charge is -2.35. The molecule has 1 heterocycles. The van der Waals surface area contributed by atoms with E-state index in [0.29, 0.717) is 18.3 Å². The summed E-state index contributed by atoms with van der Waals surface area (Å²) in [4.78, 5) is 13.4. The number of hydrogen-bond donors (Lipinski definition) is 2. The van der Waals surface area contributed by atoms with Crippen LogP contribution in [0.2, 0.25) is 0 Å². The Balaban J connectivity index is 2.36. The number of carbonyl (C=O) groups is 1. The van der Waals surface area contributed by atoms with Gasteiger partial charge in [-0.1, -0.05) is 6.92 Å². The van der Waals surface area contributed by atoms with Crippen LogP contribution in [0.25, 0.3) is 0 Å². The number of amides is 2. The highest BCUT2D eigenvalue weighted by molar-refractivity contribution is 6.08. The minimum atomic E-state index is -0.300. The maximum Gasteiger partial charge on any atom is 0.323 e. The van der Waals surface area contributed by atoms with Crippen LogP contribution < -0.4 is 5.32 Å². The van der Waals surface area contributed by atoms with Crippen LogP contribution in [-0.4, -0.2) is 28.9 Å². The van der Waals surface area contributed by atoms with Gasteiger partial charge in [-0.3, -0.25) is 10.7 Å². The normalized spacial score (nSPS) is 32.3. The van der Waals surface area contributed by atoms with E-state index in [0.717, 1.165) is 19.3 Å². The van der Waals surface area contributed by atoms with Crippen LogP contribution in [0.1, 0.15) is 33.1 Å². The number of likely N-dealkylation sites (N-methyl/N-ethyl adjacent to an activating group) is 1. The SMILES string of the molecule is CCN1C(=O)NC(=N)C1(CC)C1CC1. The third-order valence-electron chi connectivity index (χ3n) is 3.50. The molecule has 2 N–H and O–H groups in total. The van der Waals surface area contributed by atoms with Crippen molar-refractivity contribution < 1.29 is 4.79 Å². The molecule has 0 aromatic carbocycles. The third-order valence-corrected chi connectivity index (χ3v) is 3.50. The predicted molar refractivity (Wildman–Crippen MR) is 54.4 cm³/mol. The zero-order valence-corrected chi connectivity index (χ0v) is 8.76. The van der Waals surface area contributed by atoms with Crippen molar-refractivity contribution in [2.75, 3.05) is 6.54 Å². The van der Waals surface area contributed by atoms with Crippen molar-refractivity contribution in [3.05, 3.63) is 0 Å². The summed E-state index contributed by atoms with van der Waals surface area (Å²) < 4.78 is 0. The average molecular weight is 195 g/mol. The Bertz CT molecular complexity index is 285. The van der Waals surface area contributed by atoms with Crippen molar-refractivity contribution in [3.8, 4) is 0 Å². The quantitative estimate of drug-likeness (QED) is 0.705. The van der Waals surface area contributed by atoms with E-state index >= 15 is 0 Å². The molecule has 1 aliphatic carbocycles. The van der Waals surface area contributed by atoms with Gasteiger partial charge in [0, 0.05) is 6.54 Å². The van der Waals surface area contributed by atoms with Crippen molar-refractivity contribution in [1.29, 1.82) is 5.41 Å². The molecule has 0 aromatic rings. The van der Waals surface area contributed by atoms with Crippen LogP contribution in [0.15, 0.2) is 0 Å². The van der Waals surface area contributed by atoms with E-state index < -0.39 is 0 Å². The summed E-state index contributed by atoms with van der Waals surface area (Å²) in [6.07, 6.45) is 3.16. The first-order chi connectivity index (χ1) is 6.66. The predicted octanol–water partition coefficient (Wildman–Crippen LogP) is 1.57. The highest BCUT2D eigenvalue weighted by Gasteiger charge is 2.56. The molecular formula is C10H17N3O. The molecule has 0 bridgehead atoms. The van der Waals surface area contributed by atoms with Crippen LogP contribution in [0.4, 0.5) is 4.79 Å². The van der Waals surface area contributed by atoms with Crippen molar-refractivity contribution in [2.45, 2.75) is 38.6 Å². The van der Waals surface area contributed by atoms with E-state index in [-0.39, 0.29) is 11.6 Å². The first kappa shape index (κ1) is 9.49. The summed E-state index contributed by atoms with van der Waals surface area (Å²) in [5.41, 5.74) is -0.300. The largest absolute Gasteiger partial charge is 0.323 e. The number of nitrogens with zero attached hydrogens (tertiary/aromatic N) is 1. The Hall–Kier alpha value is -1.06. The Morgan fingerprint density at radius 1 is 1.57 bits per heavy atom. The van der Waals surface area contributed by atoms with Gasteiger partial charge in [0.1, 0.15) is 11.4 Å². The van der Waals surface area contributed by atoms with Gasteiger partial charge < -0.3 is 4.90 Å². The van der Waals surface area contributed by atoms with Crippen LogP contribution in [0.5, 0.6) is 0 Å². The van der Waals surface area contributed by atoms with Gasteiger partial charge in [0.2, 0.25) is 0 Å². The summed E-state index contributed by atoms with van der Waals surface area (Å²) in [6, 6.07) is -0.0914. The Morgan fingerprint density at radius 3 is 2.64 bits per heavy atom. The van der Waals surface area contributed by atoms with E-state index in [4.69, 9.17) is 5.41 Å². The van der Waals surface area contributed by atoms with Crippen LogP contribution in [0, 0.1) is 11.3 Å². The van der Waals surface area contributed by atoms with E-state index in [9.17, 15) is 4.79 Å². The smallest absolute Gasteiger partial charge is 0.312 e. The minimum absolute atomic E-state index is 0.0914. The van der Waals surface area contributed by atoms with E-state index in [2.05, 4.69) is 12.2 Å². The van der Waals surface area contributed by atoms with Gasteiger partial charge in [-0.2, -0.15) is 0 Å². The van der Waals surface area contributed by atoms with Crippen molar-refractivity contribution in [1.82, 2.24) is 10.2 Å². The number of amidine groups is 1. The molecule has 2 aliphatic rings. The Kier molecular flexibility index (Phi) is 2.01. The lowest BCUT2D eigenvalue weighted by atomic mass is 9.88. The molecule has 0 aromatic heterocycles. The summed E-state index contributed by atoms with van der Waals surface area (Å²) in [5.74, 6) is 0.924. The molecule has 0 radical (unpaired) electrons. The molecule has 2 rings (SSSR count). The molecular weight excluding hydrogens is 178 g/mol. The van der Waals surface area contributed by atoms with Gasteiger partial charge in [-0.25, -0.2) is 4.79 Å². The second kappa shape index (κ2) is 2.97. The summed E-state index contributed by atoms with van der Waals surface area (Å²) in [5, 5.41) is 10.6. The van der Waals surface area contributed by atoms with E-state index in [1.54, 1.807) is 0 Å². The minimum Gasteiger partial charge on any atom is -0.312 e. The van der Waals surface area contributed by atoms with Gasteiger partial charge in [0.05, 0.1) is 0 Å². The van der Waals surface area contributed by atoms with Gasteiger partial charge in [0.25, 0.3) is 0 Å². The Labute approximate surface area is 84.2 Å². The Morgan fingerprint density at radius 2 is 2.21 bits per heavy atom. The molecule has 1 atom stereocenters. The summed E-state index contributed by atoms with van der Waals surface area (Å²) in [6.45, 7) is 4.74. The second-order valence-electron chi connectivity index (χ2n) is 4.10. The first-order valence-corrected chi connectivity index (χ1v) is 5.34. The molecule has 2 amide bonds. The second-order valence-corrected chi connectivity index (χ2v) is 4.10. The fourth-order valence-corrected chi connectivity index (χ4v) is 2.67. The summed E-state index contributed by atoms with van der Waals surface area (Å²) >= 11 is 0. The molecule has 1 aliphatic heterocycles. The lowest BCUT2D eigenvalue weighted by molar-refractivity contribution is 0.162. The molecule has 1 saturated carbocycles. The highest BCUT2D eigenvalue weighted by Crippen LogP contribution is 2.47. The number of urea groups is 1. The van der Waals surface area contributed by atoms with E-state index in [1.165, 1.54) is 0 Å². The number of rotatable bonds is 3. The summed E-state index contributed by atoms with van der Waals surface area (Å²) in [7, 11) is 0. The fourth-order valence-electron chi connectivity index (χ4n) is 2.67. The number of carbonyl (C=O) groups excluding carboxylic acids is 1. The standard InChI is InChI=1S/C10H17N3O/c1-3-10(7-5-6-7)8(11)12-9(14)13(10)4-2/h7H,3-6H2,1-2H3,(H2,11,12,14). The maximum absolute atomic E-state index is 11.6. The molecule has 14 heavy (non-hydrogen) atoms. The average Bonchev–Trinajstić information content (AvgIpc) is 2.93. The molecule has 1 unspecified atom stereocenters. The monoisotopic (exact) mass is 195 g/mol. The molecule has 4 heteroatoms. The van der Waals surface area contributed by atoms with Gasteiger partial charge in [0.15, 0.2) is 0 Å². The zero-order chi connectivity index (χ0) is 10.3. The van der Waals surface area contributed by atoms with Crippen LogP contribution >= 0.6 is 0 Å². The van der Waals surface area contributed by atoms with Gasteiger partial charge in [-0.15, -0.1) is 0 Å². The maximum atomic E-state index is 11.6. The fraction of sp³-hybridized carbons (Fsp3) is 0.800. The molecule has 2 fully saturated rings. The van der Waals surface area contributed by atoms with Crippen LogP contribution in [-0.2, 0) is 0 Å². The van der Waals surface area contributed by atoms with Gasteiger partial charge >= 0.3 is 6.03 Å². The molecule has 78 valence electrons. The molecule has 1 saturated heterocycles. The topological polar surface area (TPSA) is 56.2 Å². The van der Waals surface area contributed by atoms with E-state index in [1.807, 2.05) is 11.8 Å². The van der Waals surface area contributed by atoms with Crippen molar-refractivity contribution in [2.24, 2.45) is 5.92 Å². The highest BCUT2D eigenvalue weighted by atomic mass is 16.2. The van der Waals surface area contributed by atoms with Crippen molar-refractivity contribution >= 4 is 11.9 Å². The third kappa shape index (κ3) is 0.996. The first-order valence-electron chi connectivity index (χ1n) is 5.34. The molecule has 0 spiro atoms. The zero-order valence-electron chi connectivity index (χ0n) is 8.76. The number of hydrogen-bond acceptors (Lipinski definition) is 2. The lowest BCUT2D eigenvalue weighted by Crippen LogP contribution is -2.50.